The van der Waals surface area contributed by atoms with E-state index >= 15 is 0 Å². The molecule has 0 fully saturated rings. The second-order valence-electron chi connectivity index (χ2n) is 3.49. The molecule has 0 amide bonds. The van der Waals surface area contributed by atoms with E-state index in [-0.39, 0.29) is 6.04 Å². The Morgan fingerprint density at radius 3 is 3.00 bits per heavy atom. The summed E-state index contributed by atoms with van der Waals surface area (Å²) in [6, 6.07) is 3.73. The minimum atomic E-state index is 0.115. The van der Waals surface area contributed by atoms with Crippen molar-refractivity contribution >= 4 is 22.6 Å². The summed E-state index contributed by atoms with van der Waals surface area (Å²) < 4.78 is 1.14. The van der Waals surface area contributed by atoms with Crippen molar-refractivity contribution in [2.24, 2.45) is 5.73 Å². The van der Waals surface area contributed by atoms with Crippen molar-refractivity contribution in [3.05, 3.63) is 26.8 Å². The lowest BCUT2D eigenvalue weighted by molar-refractivity contribution is 0.469. The first-order chi connectivity index (χ1) is 6.18. The van der Waals surface area contributed by atoms with Crippen LogP contribution in [-0.4, -0.2) is 5.11 Å². The van der Waals surface area contributed by atoms with Crippen molar-refractivity contribution in [3.63, 3.8) is 0 Å². The molecule has 2 nitrogen and oxygen atoms in total. The molecule has 1 aliphatic carbocycles. The van der Waals surface area contributed by atoms with Crippen molar-refractivity contribution in [3.8, 4) is 5.75 Å². The molecule has 3 heteroatoms. The third-order valence-electron chi connectivity index (χ3n) is 2.56. The predicted octanol–water partition coefficient (Wildman–Crippen LogP) is 2.33. The minimum Gasteiger partial charge on any atom is -0.508 e. The number of aromatic hydroxyl groups is 1. The molecule has 3 N–H and O–H groups in total. The highest BCUT2D eigenvalue weighted by Crippen LogP contribution is 2.33. The maximum absolute atomic E-state index is 9.43. The zero-order valence-electron chi connectivity index (χ0n) is 7.26. The molecule has 0 aliphatic heterocycles. The molecule has 0 heterocycles. The topological polar surface area (TPSA) is 46.2 Å². The Balaban J connectivity index is 2.56. The molecule has 1 aromatic carbocycles. The van der Waals surface area contributed by atoms with Crippen LogP contribution in [0.4, 0.5) is 0 Å². The molecule has 2 rings (SSSR count). The maximum Gasteiger partial charge on any atom is 0.116 e. The average Bonchev–Trinajstić information content (AvgIpc) is 2.07. The number of nitrogens with two attached hydrogens (primary N) is 1. The van der Waals surface area contributed by atoms with Crippen molar-refractivity contribution in [2.75, 3.05) is 0 Å². The van der Waals surface area contributed by atoms with Crippen LogP contribution in [0, 0.1) is 3.57 Å². The fourth-order valence-corrected chi connectivity index (χ4v) is 2.79. The third kappa shape index (κ3) is 1.67. The second kappa shape index (κ2) is 3.46. The predicted molar refractivity (Wildman–Crippen MR) is 60.7 cm³/mol. The molecule has 1 aromatic rings. The smallest absolute Gasteiger partial charge is 0.116 e. The summed E-state index contributed by atoms with van der Waals surface area (Å²) in [5.74, 6) is 0.334. The second-order valence-corrected chi connectivity index (χ2v) is 4.66. The van der Waals surface area contributed by atoms with Crippen LogP contribution in [-0.2, 0) is 6.42 Å². The first-order valence-corrected chi connectivity index (χ1v) is 5.53. The fraction of sp³-hybridized carbons (Fsp3) is 0.400. The van der Waals surface area contributed by atoms with Gasteiger partial charge in [0, 0.05) is 9.61 Å². The summed E-state index contributed by atoms with van der Waals surface area (Å²) in [5.41, 5.74) is 8.44. The summed E-state index contributed by atoms with van der Waals surface area (Å²) in [4.78, 5) is 0. The van der Waals surface area contributed by atoms with Crippen molar-refractivity contribution < 1.29 is 5.11 Å². The molecule has 70 valence electrons. The summed E-state index contributed by atoms with van der Waals surface area (Å²) in [7, 11) is 0. The number of phenols is 1. The SMILES string of the molecule is N[C@H]1CCCc2c(I)cc(O)cc21. The molecular formula is C10H12INO. The number of fused-ring (bicyclic) bond motifs is 1. The quantitative estimate of drug-likeness (QED) is 0.720. The van der Waals surface area contributed by atoms with Gasteiger partial charge in [-0.25, -0.2) is 0 Å². The highest BCUT2D eigenvalue weighted by Gasteiger charge is 2.19. The Morgan fingerprint density at radius 1 is 1.46 bits per heavy atom. The number of phenolic OH excluding ortho intramolecular Hbond substituents is 1. The number of rotatable bonds is 0. The van der Waals surface area contributed by atoms with E-state index in [0.29, 0.717) is 5.75 Å². The first kappa shape index (κ1) is 9.27. The van der Waals surface area contributed by atoms with Crippen LogP contribution in [0.1, 0.15) is 30.0 Å². The van der Waals surface area contributed by atoms with Crippen LogP contribution in [0.2, 0.25) is 0 Å². The van der Waals surface area contributed by atoms with Crippen LogP contribution in [0.3, 0.4) is 0 Å². The van der Waals surface area contributed by atoms with E-state index in [1.807, 2.05) is 0 Å². The van der Waals surface area contributed by atoms with Crippen LogP contribution >= 0.6 is 22.6 Å². The van der Waals surface area contributed by atoms with Gasteiger partial charge in [-0.05, 0) is 65.1 Å². The summed E-state index contributed by atoms with van der Waals surface area (Å²) in [6.07, 6.45) is 3.29. The van der Waals surface area contributed by atoms with Crippen LogP contribution < -0.4 is 5.73 Å². The normalized spacial score (nSPS) is 21.2. The van der Waals surface area contributed by atoms with E-state index in [2.05, 4.69) is 22.6 Å². The van der Waals surface area contributed by atoms with E-state index in [1.165, 1.54) is 5.56 Å². The van der Waals surface area contributed by atoms with E-state index < -0.39 is 0 Å². The standard InChI is InChI=1S/C10H12INO/c11-9-5-6(13)4-8-7(9)2-1-3-10(8)12/h4-5,10,13H,1-3,12H2/t10-/m0/s1. The lowest BCUT2D eigenvalue weighted by Crippen LogP contribution is -2.18. The van der Waals surface area contributed by atoms with Crippen LogP contribution in [0.25, 0.3) is 0 Å². The first-order valence-electron chi connectivity index (χ1n) is 4.45. The summed E-state index contributed by atoms with van der Waals surface area (Å²) >= 11 is 2.26. The van der Waals surface area contributed by atoms with Gasteiger partial charge in [0.05, 0.1) is 0 Å². The molecule has 0 saturated heterocycles. The van der Waals surface area contributed by atoms with Gasteiger partial charge in [-0.15, -0.1) is 0 Å². The zero-order valence-corrected chi connectivity index (χ0v) is 9.41. The summed E-state index contributed by atoms with van der Waals surface area (Å²) in [5, 5.41) is 9.43. The highest BCUT2D eigenvalue weighted by molar-refractivity contribution is 14.1. The van der Waals surface area contributed by atoms with Gasteiger partial charge in [0.25, 0.3) is 0 Å². The van der Waals surface area contributed by atoms with Gasteiger partial charge in [-0.1, -0.05) is 0 Å². The third-order valence-corrected chi connectivity index (χ3v) is 3.52. The van der Waals surface area contributed by atoms with Gasteiger partial charge >= 0.3 is 0 Å². The Hall–Kier alpha value is -0.290. The zero-order chi connectivity index (χ0) is 9.42. The van der Waals surface area contributed by atoms with E-state index in [4.69, 9.17) is 5.73 Å². The molecule has 1 atom stereocenters. The largest absolute Gasteiger partial charge is 0.508 e. The molecule has 0 unspecified atom stereocenters. The maximum atomic E-state index is 9.43. The van der Waals surface area contributed by atoms with E-state index in [1.54, 1.807) is 12.1 Å². The Bertz CT molecular complexity index is 338. The average molecular weight is 289 g/mol. The van der Waals surface area contributed by atoms with Crippen LogP contribution in [0.5, 0.6) is 5.75 Å². The fourth-order valence-electron chi connectivity index (χ4n) is 1.89. The number of halogens is 1. The lowest BCUT2D eigenvalue weighted by Gasteiger charge is -2.23. The summed E-state index contributed by atoms with van der Waals surface area (Å²) in [6.45, 7) is 0. The van der Waals surface area contributed by atoms with Gasteiger partial charge in [0.15, 0.2) is 0 Å². The van der Waals surface area contributed by atoms with Crippen LogP contribution in [0.15, 0.2) is 12.1 Å². The molecular weight excluding hydrogens is 277 g/mol. The molecule has 13 heavy (non-hydrogen) atoms. The van der Waals surface area contributed by atoms with Crippen molar-refractivity contribution in [2.45, 2.75) is 25.3 Å². The van der Waals surface area contributed by atoms with E-state index in [9.17, 15) is 5.11 Å². The molecule has 1 aliphatic rings. The minimum absolute atomic E-state index is 0.115. The highest BCUT2D eigenvalue weighted by atomic mass is 127. The van der Waals surface area contributed by atoms with Gasteiger partial charge in [0.1, 0.15) is 5.75 Å². The van der Waals surface area contributed by atoms with Crippen molar-refractivity contribution in [1.29, 1.82) is 0 Å². The van der Waals surface area contributed by atoms with E-state index in [0.717, 1.165) is 28.4 Å². The molecule has 0 saturated carbocycles. The molecule has 0 radical (unpaired) electrons. The Kier molecular flexibility index (Phi) is 2.47. The number of benzene rings is 1. The number of hydrogen-bond acceptors (Lipinski definition) is 2. The van der Waals surface area contributed by atoms with Crippen molar-refractivity contribution in [1.82, 2.24) is 0 Å². The monoisotopic (exact) mass is 289 g/mol. The molecule has 0 aromatic heterocycles. The number of hydrogen-bond donors (Lipinski definition) is 2. The lowest BCUT2D eigenvalue weighted by atomic mass is 9.88. The Labute approximate surface area is 91.3 Å². The van der Waals surface area contributed by atoms with Gasteiger partial charge in [-0.3, -0.25) is 0 Å². The van der Waals surface area contributed by atoms with Gasteiger partial charge < -0.3 is 10.8 Å². The molecule has 0 spiro atoms. The molecule has 0 bridgehead atoms. The van der Waals surface area contributed by atoms with Gasteiger partial charge in [-0.2, -0.15) is 0 Å². The van der Waals surface area contributed by atoms with Gasteiger partial charge in [0.2, 0.25) is 0 Å². The Morgan fingerprint density at radius 2 is 2.23 bits per heavy atom.